The van der Waals surface area contributed by atoms with Crippen LogP contribution in [0.1, 0.15) is 11.1 Å². The zero-order chi connectivity index (χ0) is 12.5. The summed E-state index contributed by atoms with van der Waals surface area (Å²) in [5.41, 5.74) is 2.61. The maximum atomic E-state index is 11.5. The molecule has 0 aromatic heterocycles. The fourth-order valence-electron chi connectivity index (χ4n) is 2.46. The van der Waals surface area contributed by atoms with Crippen molar-refractivity contribution in [3.8, 4) is 0 Å². The fourth-order valence-corrected chi connectivity index (χ4v) is 3.79. The van der Waals surface area contributed by atoms with Crippen LogP contribution in [0.4, 0.5) is 0 Å². The summed E-state index contributed by atoms with van der Waals surface area (Å²) in [7, 11) is -3.69. The van der Waals surface area contributed by atoms with Gasteiger partial charge < -0.3 is 0 Å². The normalized spacial score (nSPS) is 18.7. The highest BCUT2D eigenvalue weighted by Gasteiger charge is 2.34. The van der Waals surface area contributed by atoms with Crippen molar-refractivity contribution in [2.45, 2.75) is 0 Å². The standard InChI is InChI=1S/C12H5BrN2O2S/c13-9-5-4-8-10-6(9)2-1-3-7(10)11-12(8)15-18(16,17)14-11/h1-5H. The summed E-state index contributed by atoms with van der Waals surface area (Å²) in [6.07, 6.45) is 0. The summed E-state index contributed by atoms with van der Waals surface area (Å²) in [4.78, 5) is 0. The fraction of sp³-hybridized carbons (Fsp3) is 0. The van der Waals surface area contributed by atoms with E-state index in [1.54, 1.807) is 0 Å². The van der Waals surface area contributed by atoms with Gasteiger partial charge in [0.1, 0.15) is 11.4 Å². The van der Waals surface area contributed by atoms with Crippen LogP contribution in [0.25, 0.3) is 10.8 Å². The number of nitrogens with zero attached hydrogens (tertiary/aromatic N) is 2. The minimum Gasteiger partial charge on any atom is -0.179 e. The third-order valence-electron chi connectivity index (χ3n) is 3.14. The quantitative estimate of drug-likeness (QED) is 0.748. The van der Waals surface area contributed by atoms with E-state index in [0.29, 0.717) is 11.4 Å². The molecule has 4 nitrogen and oxygen atoms in total. The summed E-state index contributed by atoms with van der Waals surface area (Å²) >= 11 is 3.50. The van der Waals surface area contributed by atoms with E-state index in [1.165, 1.54) is 0 Å². The molecule has 0 fully saturated rings. The van der Waals surface area contributed by atoms with Crippen LogP contribution < -0.4 is 0 Å². The van der Waals surface area contributed by atoms with E-state index in [2.05, 4.69) is 24.7 Å². The second kappa shape index (κ2) is 3.07. The lowest BCUT2D eigenvalue weighted by molar-refractivity contribution is 0.601. The average molecular weight is 321 g/mol. The van der Waals surface area contributed by atoms with Crippen molar-refractivity contribution in [3.63, 3.8) is 0 Å². The Labute approximate surface area is 111 Å². The summed E-state index contributed by atoms with van der Waals surface area (Å²) < 4.78 is 31.3. The van der Waals surface area contributed by atoms with Crippen molar-refractivity contribution >= 4 is 48.3 Å². The van der Waals surface area contributed by atoms with Gasteiger partial charge in [0, 0.05) is 21.0 Å². The Kier molecular flexibility index (Phi) is 1.77. The van der Waals surface area contributed by atoms with Crippen LogP contribution in [0.5, 0.6) is 0 Å². The molecule has 2 aromatic carbocycles. The molecule has 0 spiro atoms. The van der Waals surface area contributed by atoms with Crippen LogP contribution in [0.15, 0.2) is 43.6 Å². The van der Waals surface area contributed by atoms with Gasteiger partial charge in [-0.25, -0.2) is 0 Å². The van der Waals surface area contributed by atoms with E-state index in [9.17, 15) is 8.42 Å². The number of fused-ring (bicyclic) bond motifs is 3. The molecule has 0 N–H and O–H groups in total. The molecular formula is C12H5BrN2O2S. The monoisotopic (exact) mass is 320 g/mol. The van der Waals surface area contributed by atoms with Gasteiger partial charge in [0.25, 0.3) is 0 Å². The Morgan fingerprint density at radius 3 is 2.33 bits per heavy atom. The van der Waals surface area contributed by atoms with Gasteiger partial charge in [-0.3, -0.25) is 0 Å². The van der Waals surface area contributed by atoms with E-state index >= 15 is 0 Å². The van der Waals surface area contributed by atoms with Gasteiger partial charge in [0.05, 0.1) is 0 Å². The second-order valence-electron chi connectivity index (χ2n) is 4.15. The number of benzene rings is 2. The van der Waals surface area contributed by atoms with Crippen molar-refractivity contribution in [1.82, 2.24) is 0 Å². The van der Waals surface area contributed by atoms with Crippen LogP contribution in [0.3, 0.4) is 0 Å². The first-order valence-corrected chi connectivity index (χ1v) is 7.43. The van der Waals surface area contributed by atoms with E-state index in [-0.39, 0.29) is 0 Å². The molecule has 0 saturated heterocycles. The second-order valence-corrected chi connectivity index (χ2v) is 6.27. The first-order valence-electron chi connectivity index (χ1n) is 5.24. The van der Waals surface area contributed by atoms with Crippen molar-refractivity contribution in [2.75, 3.05) is 0 Å². The molecule has 0 amide bonds. The van der Waals surface area contributed by atoms with Crippen LogP contribution in [-0.2, 0) is 10.2 Å². The van der Waals surface area contributed by atoms with Crippen molar-refractivity contribution < 1.29 is 8.42 Å². The van der Waals surface area contributed by atoms with Gasteiger partial charge in [-0.1, -0.05) is 40.2 Å². The Morgan fingerprint density at radius 1 is 0.944 bits per heavy atom. The van der Waals surface area contributed by atoms with Gasteiger partial charge in [0.15, 0.2) is 0 Å². The zero-order valence-corrected chi connectivity index (χ0v) is 11.3. The van der Waals surface area contributed by atoms with Gasteiger partial charge in [-0.05, 0) is 11.5 Å². The van der Waals surface area contributed by atoms with Gasteiger partial charge in [0.2, 0.25) is 0 Å². The summed E-state index contributed by atoms with van der Waals surface area (Å²) in [5.74, 6) is 0. The minimum absolute atomic E-state index is 0.466. The largest absolute Gasteiger partial charge is 0.364 e. The Morgan fingerprint density at radius 2 is 1.61 bits per heavy atom. The number of rotatable bonds is 0. The summed E-state index contributed by atoms with van der Waals surface area (Å²) in [6, 6.07) is 9.53. The number of halogens is 1. The highest BCUT2D eigenvalue weighted by Crippen LogP contribution is 2.37. The third-order valence-corrected chi connectivity index (χ3v) is 4.65. The molecule has 2 aromatic rings. The zero-order valence-electron chi connectivity index (χ0n) is 8.88. The molecule has 0 atom stereocenters. The molecule has 4 rings (SSSR count). The molecule has 88 valence electrons. The molecule has 1 aliphatic heterocycles. The lowest BCUT2D eigenvalue weighted by Gasteiger charge is -2.02. The predicted molar refractivity (Wildman–Crippen MR) is 73.6 cm³/mol. The van der Waals surface area contributed by atoms with Crippen molar-refractivity contribution in [1.29, 1.82) is 0 Å². The number of hydrogen-bond acceptors (Lipinski definition) is 2. The lowest BCUT2D eigenvalue weighted by atomic mass is 10.1. The lowest BCUT2D eigenvalue weighted by Crippen LogP contribution is -2.05. The van der Waals surface area contributed by atoms with Crippen LogP contribution in [-0.4, -0.2) is 19.8 Å². The smallest absolute Gasteiger partial charge is 0.179 e. The topological polar surface area (TPSA) is 58.9 Å². The molecule has 1 heterocycles. The van der Waals surface area contributed by atoms with Gasteiger partial charge in [-0.15, -0.1) is 8.80 Å². The molecule has 18 heavy (non-hydrogen) atoms. The van der Waals surface area contributed by atoms with Crippen LogP contribution in [0, 0.1) is 0 Å². The Hall–Kier alpha value is -1.53. The molecule has 0 radical (unpaired) electrons. The minimum atomic E-state index is -3.69. The average Bonchev–Trinajstić information content (AvgIpc) is 2.78. The molecule has 6 heteroatoms. The van der Waals surface area contributed by atoms with E-state index in [4.69, 9.17) is 0 Å². The van der Waals surface area contributed by atoms with Gasteiger partial charge >= 0.3 is 10.2 Å². The van der Waals surface area contributed by atoms with Crippen molar-refractivity contribution in [3.05, 3.63) is 45.9 Å². The maximum Gasteiger partial charge on any atom is 0.364 e. The van der Waals surface area contributed by atoms with Crippen LogP contribution >= 0.6 is 15.9 Å². The van der Waals surface area contributed by atoms with E-state index in [1.807, 2.05) is 30.3 Å². The Balaban J connectivity index is 2.26. The molecule has 0 bridgehead atoms. The number of hydrogen-bond donors (Lipinski definition) is 0. The van der Waals surface area contributed by atoms with Crippen LogP contribution in [0.2, 0.25) is 0 Å². The van der Waals surface area contributed by atoms with Crippen molar-refractivity contribution in [2.24, 2.45) is 8.80 Å². The highest BCUT2D eigenvalue weighted by atomic mass is 79.9. The van der Waals surface area contributed by atoms with E-state index < -0.39 is 10.2 Å². The predicted octanol–water partition coefficient (Wildman–Crippen LogP) is 2.45. The molecular weight excluding hydrogens is 316 g/mol. The van der Waals surface area contributed by atoms with E-state index in [0.717, 1.165) is 26.4 Å². The molecule has 2 aliphatic rings. The SMILES string of the molecule is O=S1(=O)N=C2C(=N1)c1ccc(Br)c3cccc2c13. The molecule has 0 saturated carbocycles. The first kappa shape index (κ1) is 10.4. The molecule has 1 aliphatic carbocycles. The first-order chi connectivity index (χ1) is 8.57. The summed E-state index contributed by atoms with van der Waals surface area (Å²) in [5, 5.41) is 2.06. The van der Waals surface area contributed by atoms with Gasteiger partial charge in [-0.2, -0.15) is 8.42 Å². The highest BCUT2D eigenvalue weighted by molar-refractivity contribution is 9.10. The summed E-state index contributed by atoms with van der Waals surface area (Å²) in [6.45, 7) is 0. The molecule has 0 unspecified atom stereocenters. The third kappa shape index (κ3) is 1.17. The maximum absolute atomic E-state index is 11.5. The Bertz CT molecular complexity index is 865.